The minimum Gasteiger partial charge on any atom is -0.469 e. The van der Waals surface area contributed by atoms with Gasteiger partial charge in [0.05, 0.1) is 11.2 Å². The van der Waals surface area contributed by atoms with Crippen molar-refractivity contribution in [3.8, 4) is 0 Å². The number of rotatable bonds is 4. The summed E-state index contributed by atoms with van der Waals surface area (Å²) in [6.07, 6.45) is 0.820. The van der Waals surface area contributed by atoms with Crippen molar-refractivity contribution in [3.63, 3.8) is 0 Å². The lowest BCUT2D eigenvalue weighted by Gasteiger charge is -2.13. The van der Waals surface area contributed by atoms with E-state index in [1.165, 1.54) is 24.5 Å². The summed E-state index contributed by atoms with van der Waals surface area (Å²) in [7, 11) is 0. The molecule has 0 saturated heterocycles. The minimum absolute atomic E-state index is 0.0371. The summed E-state index contributed by atoms with van der Waals surface area (Å²) in [5.74, 6) is -0.0449. The van der Waals surface area contributed by atoms with Crippen molar-refractivity contribution in [2.24, 2.45) is 0 Å². The van der Waals surface area contributed by atoms with Crippen LogP contribution < -0.4 is 0 Å². The molecule has 0 fully saturated rings. The van der Waals surface area contributed by atoms with E-state index in [0.29, 0.717) is 16.9 Å². The number of carbonyl (C=O) groups excluding carboxylic acids is 1. The standard InChI is InChI=1S/C14H13NO5/c1-9(11-4-3-5-12(8-11)15(17)18)20-14(16)13-6-7-19-10(13)2/h3-9H,1-2H3/t9-/m1/s1. The molecule has 1 heterocycles. The Kier molecular flexibility index (Phi) is 3.84. The number of carbonyl (C=O) groups is 1. The van der Waals surface area contributed by atoms with Crippen molar-refractivity contribution in [1.29, 1.82) is 0 Å². The molecule has 2 aromatic rings. The Morgan fingerprint density at radius 2 is 2.15 bits per heavy atom. The molecule has 0 bridgehead atoms. The molecular formula is C14H13NO5. The number of esters is 1. The van der Waals surface area contributed by atoms with Crippen LogP contribution in [-0.4, -0.2) is 10.9 Å². The van der Waals surface area contributed by atoms with E-state index in [9.17, 15) is 14.9 Å². The number of benzene rings is 1. The Balaban J connectivity index is 2.14. The molecule has 20 heavy (non-hydrogen) atoms. The molecule has 104 valence electrons. The van der Waals surface area contributed by atoms with E-state index in [2.05, 4.69) is 0 Å². The van der Waals surface area contributed by atoms with Crippen LogP contribution >= 0.6 is 0 Å². The van der Waals surface area contributed by atoms with E-state index in [1.54, 1.807) is 26.0 Å². The average Bonchev–Trinajstić information content (AvgIpc) is 2.85. The zero-order chi connectivity index (χ0) is 14.7. The second-order valence-electron chi connectivity index (χ2n) is 4.29. The highest BCUT2D eigenvalue weighted by Crippen LogP contribution is 2.23. The lowest BCUT2D eigenvalue weighted by atomic mass is 10.1. The summed E-state index contributed by atoms with van der Waals surface area (Å²) in [4.78, 5) is 22.1. The van der Waals surface area contributed by atoms with Crippen molar-refractivity contribution in [2.75, 3.05) is 0 Å². The van der Waals surface area contributed by atoms with Crippen LogP contribution in [0.1, 0.15) is 34.7 Å². The monoisotopic (exact) mass is 275 g/mol. The maximum Gasteiger partial charge on any atom is 0.342 e. The lowest BCUT2D eigenvalue weighted by molar-refractivity contribution is -0.385. The number of nitrogens with zero attached hydrogens (tertiary/aromatic N) is 1. The van der Waals surface area contributed by atoms with Gasteiger partial charge in [-0.15, -0.1) is 0 Å². The third kappa shape index (κ3) is 2.85. The van der Waals surface area contributed by atoms with Crippen molar-refractivity contribution >= 4 is 11.7 Å². The number of ether oxygens (including phenoxy) is 1. The van der Waals surface area contributed by atoms with Crippen LogP contribution in [0.25, 0.3) is 0 Å². The number of non-ortho nitro benzene ring substituents is 1. The molecule has 6 heteroatoms. The van der Waals surface area contributed by atoms with Gasteiger partial charge < -0.3 is 9.15 Å². The first-order chi connectivity index (χ1) is 9.49. The van der Waals surface area contributed by atoms with Crippen LogP contribution in [0.4, 0.5) is 5.69 Å². The zero-order valence-electron chi connectivity index (χ0n) is 11.0. The van der Waals surface area contributed by atoms with Gasteiger partial charge in [0.15, 0.2) is 0 Å². The Morgan fingerprint density at radius 3 is 2.75 bits per heavy atom. The topological polar surface area (TPSA) is 82.6 Å². The molecule has 0 aliphatic heterocycles. The predicted molar refractivity (Wildman–Crippen MR) is 70.4 cm³/mol. The molecular weight excluding hydrogens is 262 g/mol. The highest BCUT2D eigenvalue weighted by atomic mass is 16.6. The van der Waals surface area contributed by atoms with Crippen LogP contribution in [-0.2, 0) is 4.74 Å². The number of hydrogen-bond acceptors (Lipinski definition) is 5. The van der Waals surface area contributed by atoms with Gasteiger partial charge in [0.1, 0.15) is 17.4 Å². The largest absolute Gasteiger partial charge is 0.469 e. The average molecular weight is 275 g/mol. The summed E-state index contributed by atoms with van der Waals surface area (Å²) in [5.41, 5.74) is 0.876. The fourth-order valence-corrected chi connectivity index (χ4v) is 1.78. The number of hydrogen-bond donors (Lipinski definition) is 0. The van der Waals surface area contributed by atoms with Crippen LogP contribution in [0.3, 0.4) is 0 Å². The van der Waals surface area contributed by atoms with Gasteiger partial charge in [-0.25, -0.2) is 4.79 Å². The first kappa shape index (κ1) is 13.8. The number of aryl methyl sites for hydroxylation is 1. The van der Waals surface area contributed by atoms with E-state index < -0.39 is 17.0 Å². The first-order valence-corrected chi connectivity index (χ1v) is 5.98. The van der Waals surface area contributed by atoms with Gasteiger partial charge in [0.25, 0.3) is 5.69 Å². The normalized spacial score (nSPS) is 11.9. The highest BCUT2D eigenvalue weighted by Gasteiger charge is 2.18. The molecule has 0 unspecified atom stereocenters. The van der Waals surface area contributed by atoms with Gasteiger partial charge in [-0.2, -0.15) is 0 Å². The lowest BCUT2D eigenvalue weighted by Crippen LogP contribution is -2.09. The Bertz CT molecular complexity index is 647. The summed E-state index contributed by atoms with van der Waals surface area (Å²) in [6.45, 7) is 3.32. The summed E-state index contributed by atoms with van der Waals surface area (Å²) >= 11 is 0. The third-order valence-corrected chi connectivity index (χ3v) is 2.91. The van der Waals surface area contributed by atoms with Crippen molar-refractivity contribution < 1.29 is 18.9 Å². The maximum atomic E-state index is 11.9. The number of nitro benzene ring substituents is 1. The van der Waals surface area contributed by atoms with Crippen LogP contribution in [0.15, 0.2) is 41.0 Å². The quantitative estimate of drug-likeness (QED) is 0.485. The van der Waals surface area contributed by atoms with E-state index in [0.717, 1.165) is 0 Å². The molecule has 1 aromatic carbocycles. The van der Waals surface area contributed by atoms with Crippen LogP contribution in [0.5, 0.6) is 0 Å². The first-order valence-electron chi connectivity index (χ1n) is 5.98. The van der Waals surface area contributed by atoms with Crippen LogP contribution in [0.2, 0.25) is 0 Å². The third-order valence-electron chi connectivity index (χ3n) is 2.91. The molecule has 0 aliphatic carbocycles. The Morgan fingerprint density at radius 1 is 1.40 bits per heavy atom. The Hall–Kier alpha value is -2.63. The van der Waals surface area contributed by atoms with Gasteiger partial charge in [-0.1, -0.05) is 12.1 Å². The molecule has 2 rings (SSSR count). The zero-order valence-corrected chi connectivity index (χ0v) is 11.0. The fraction of sp³-hybridized carbons (Fsp3) is 0.214. The van der Waals surface area contributed by atoms with E-state index in [1.807, 2.05) is 0 Å². The Labute approximate surface area is 115 Å². The van der Waals surface area contributed by atoms with Crippen molar-refractivity contribution in [3.05, 3.63) is 63.6 Å². The van der Waals surface area contributed by atoms with Crippen LogP contribution in [0, 0.1) is 17.0 Å². The second-order valence-corrected chi connectivity index (χ2v) is 4.29. The molecule has 0 aliphatic rings. The van der Waals surface area contributed by atoms with Gasteiger partial charge in [-0.3, -0.25) is 10.1 Å². The molecule has 1 aromatic heterocycles. The van der Waals surface area contributed by atoms with E-state index in [-0.39, 0.29) is 5.69 Å². The molecule has 0 N–H and O–H groups in total. The maximum absolute atomic E-state index is 11.9. The number of furan rings is 1. The fourth-order valence-electron chi connectivity index (χ4n) is 1.78. The predicted octanol–water partition coefficient (Wildman–Crippen LogP) is 3.41. The van der Waals surface area contributed by atoms with Gasteiger partial charge in [0.2, 0.25) is 0 Å². The minimum atomic E-state index is -0.586. The molecule has 0 radical (unpaired) electrons. The molecule has 0 spiro atoms. The molecule has 6 nitrogen and oxygen atoms in total. The van der Waals surface area contributed by atoms with Gasteiger partial charge in [0, 0.05) is 12.1 Å². The molecule has 0 saturated carbocycles. The van der Waals surface area contributed by atoms with Crippen molar-refractivity contribution in [1.82, 2.24) is 0 Å². The van der Waals surface area contributed by atoms with Gasteiger partial charge >= 0.3 is 5.97 Å². The molecule has 0 amide bonds. The second kappa shape index (κ2) is 5.56. The number of nitro groups is 1. The summed E-state index contributed by atoms with van der Waals surface area (Å²) < 4.78 is 10.3. The van der Waals surface area contributed by atoms with E-state index in [4.69, 9.17) is 9.15 Å². The highest BCUT2D eigenvalue weighted by molar-refractivity contribution is 5.90. The summed E-state index contributed by atoms with van der Waals surface area (Å²) in [6, 6.07) is 7.53. The van der Waals surface area contributed by atoms with Gasteiger partial charge in [-0.05, 0) is 25.5 Å². The SMILES string of the molecule is Cc1occc1C(=O)O[C@H](C)c1cccc([N+](=O)[O-])c1. The van der Waals surface area contributed by atoms with E-state index >= 15 is 0 Å². The smallest absolute Gasteiger partial charge is 0.342 e. The van der Waals surface area contributed by atoms with Crippen molar-refractivity contribution in [2.45, 2.75) is 20.0 Å². The molecule has 1 atom stereocenters. The summed E-state index contributed by atoms with van der Waals surface area (Å²) in [5, 5.41) is 10.7.